The average Bonchev–Trinajstić information content (AvgIpc) is 3.00. The Hall–Kier alpha value is -4.23. The summed E-state index contributed by atoms with van der Waals surface area (Å²) in [6.07, 6.45) is 1.60. The van der Waals surface area contributed by atoms with Gasteiger partial charge in [-0.05, 0) is 73.8 Å². The number of benzene rings is 3. The van der Waals surface area contributed by atoms with Crippen molar-refractivity contribution in [3.05, 3.63) is 114 Å². The van der Waals surface area contributed by atoms with Crippen molar-refractivity contribution in [1.82, 2.24) is 9.88 Å². The predicted octanol–water partition coefficient (Wildman–Crippen LogP) is 6.42. The van der Waals surface area contributed by atoms with E-state index in [-0.39, 0.29) is 17.7 Å². The lowest BCUT2D eigenvalue weighted by Crippen LogP contribution is -2.61. The van der Waals surface area contributed by atoms with Crippen LogP contribution in [0.3, 0.4) is 0 Å². The molecule has 2 fully saturated rings. The van der Waals surface area contributed by atoms with Crippen molar-refractivity contribution in [3.8, 4) is 17.0 Å². The Balaban J connectivity index is 1.02. The fourth-order valence-electron chi connectivity index (χ4n) is 5.75. The van der Waals surface area contributed by atoms with Gasteiger partial charge in [0, 0.05) is 30.4 Å². The van der Waals surface area contributed by atoms with Gasteiger partial charge >= 0.3 is 5.97 Å². The van der Waals surface area contributed by atoms with Crippen LogP contribution in [0.25, 0.3) is 11.1 Å². The molecule has 0 N–H and O–H groups in total. The number of carbonyl (C=O) groups is 1. The molecule has 0 saturated carbocycles. The summed E-state index contributed by atoms with van der Waals surface area (Å²) in [5, 5.41) is 0. The van der Waals surface area contributed by atoms with Crippen LogP contribution in [-0.2, 0) is 22.7 Å². The fourth-order valence-corrected chi connectivity index (χ4v) is 5.75. The van der Waals surface area contributed by atoms with Crippen LogP contribution in [0.1, 0.15) is 29.7 Å². The zero-order valence-electron chi connectivity index (χ0n) is 23.9. The molecule has 2 saturated heterocycles. The molecule has 0 aliphatic carbocycles. The van der Waals surface area contributed by atoms with Gasteiger partial charge < -0.3 is 14.4 Å². The number of aryl methyl sites for hydroxylation is 1. The first kappa shape index (κ1) is 27.9. The second kappa shape index (κ2) is 12.7. The van der Waals surface area contributed by atoms with Crippen molar-refractivity contribution in [2.24, 2.45) is 5.92 Å². The first-order valence-electron chi connectivity index (χ1n) is 14.7. The molecule has 3 aromatic carbocycles. The van der Waals surface area contributed by atoms with Crippen LogP contribution in [0, 0.1) is 18.7 Å². The Labute approximate surface area is 246 Å². The molecule has 1 aromatic heterocycles. The molecule has 0 spiro atoms. The van der Waals surface area contributed by atoms with E-state index < -0.39 is 0 Å². The van der Waals surface area contributed by atoms with E-state index in [9.17, 15) is 4.79 Å². The highest BCUT2D eigenvalue weighted by Gasteiger charge is 2.36. The van der Waals surface area contributed by atoms with Crippen LogP contribution in [0.2, 0.25) is 0 Å². The van der Waals surface area contributed by atoms with E-state index >= 15 is 4.39 Å². The first-order chi connectivity index (χ1) is 20.5. The topological polar surface area (TPSA) is 54.9 Å². The number of ether oxygens (including phenoxy) is 2. The molecule has 42 heavy (non-hydrogen) atoms. The molecule has 7 heteroatoms. The molecule has 6 rings (SSSR count). The maximum Gasteiger partial charge on any atom is 0.309 e. The third-order valence-electron chi connectivity index (χ3n) is 8.28. The number of esters is 1. The number of aromatic nitrogens is 1. The molecule has 6 nitrogen and oxygen atoms in total. The number of pyridine rings is 1. The standard InChI is InChI=1S/C35H36FN3O3/c1-25-12-14-31(34(37-25)41-23-26-8-4-2-5-9-26)29-13-15-33(32(36)20-29)39-21-30(22-39)38-18-16-28(17-19-38)35(40)42-24-27-10-6-3-7-11-27/h2-15,20,28,30H,16-19,21-24H2,1H3. The highest BCUT2D eigenvalue weighted by molar-refractivity contribution is 5.73. The van der Waals surface area contributed by atoms with Crippen molar-refractivity contribution >= 4 is 11.7 Å². The quantitative estimate of drug-likeness (QED) is 0.218. The van der Waals surface area contributed by atoms with E-state index in [1.54, 1.807) is 6.07 Å². The SMILES string of the molecule is Cc1ccc(-c2ccc(N3CC(N4CCC(C(=O)OCc5ccccc5)CC4)C3)c(F)c2)c(OCc2ccccc2)n1. The second-order valence-electron chi connectivity index (χ2n) is 11.2. The second-order valence-corrected chi connectivity index (χ2v) is 11.2. The lowest BCUT2D eigenvalue weighted by molar-refractivity contribution is -0.151. The van der Waals surface area contributed by atoms with Gasteiger partial charge in [0.05, 0.1) is 11.6 Å². The summed E-state index contributed by atoms with van der Waals surface area (Å²) in [5.74, 6) is 0.0972. The number of anilines is 1. The normalized spacial score (nSPS) is 16.2. The maximum atomic E-state index is 15.4. The van der Waals surface area contributed by atoms with Crippen LogP contribution < -0.4 is 9.64 Å². The number of hydrogen-bond donors (Lipinski definition) is 0. The van der Waals surface area contributed by atoms with Crippen molar-refractivity contribution in [1.29, 1.82) is 0 Å². The molecule has 0 atom stereocenters. The van der Waals surface area contributed by atoms with Gasteiger partial charge in [-0.1, -0.05) is 66.7 Å². The molecule has 0 unspecified atom stereocenters. The monoisotopic (exact) mass is 565 g/mol. The van der Waals surface area contributed by atoms with E-state index in [0.717, 1.165) is 67.0 Å². The van der Waals surface area contributed by atoms with Crippen LogP contribution in [0.5, 0.6) is 5.88 Å². The summed E-state index contributed by atoms with van der Waals surface area (Å²) in [6, 6.07) is 29.3. The van der Waals surface area contributed by atoms with E-state index in [1.807, 2.05) is 91.9 Å². The van der Waals surface area contributed by atoms with Crippen LogP contribution >= 0.6 is 0 Å². The number of rotatable bonds is 9. The molecule has 0 amide bonds. The predicted molar refractivity (Wildman–Crippen MR) is 162 cm³/mol. The lowest BCUT2D eigenvalue weighted by atomic mass is 9.94. The van der Waals surface area contributed by atoms with Crippen molar-refractivity contribution in [3.63, 3.8) is 0 Å². The van der Waals surface area contributed by atoms with Crippen molar-refractivity contribution in [2.45, 2.75) is 39.0 Å². The minimum absolute atomic E-state index is 0.0519. The summed E-state index contributed by atoms with van der Waals surface area (Å²) < 4.78 is 27.0. The van der Waals surface area contributed by atoms with Gasteiger partial charge in [-0.3, -0.25) is 9.69 Å². The molecule has 4 aromatic rings. The minimum Gasteiger partial charge on any atom is -0.472 e. The largest absolute Gasteiger partial charge is 0.472 e. The Morgan fingerprint density at radius 1 is 0.881 bits per heavy atom. The molecule has 3 heterocycles. The lowest BCUT2D eigenvalue weighted by Gasteiger charge is -2.48. The molecule has 216 valence electrons. The number of nitrogens with zero attached hydrogens (tertiary/aromatic N) is 3. The van der Waals surface area contributed by atoms with Gasteiger partial charge in [0.25, 0.3) is 0 Å². The van der Waals surface area contributed by atoms with E-state index in [2.05, 4.69) is 14.8 Å². The summed E-state index contributed by atoms with van der Waals surface area (Å²) in [4.78, 5) is 21.7. The highest BCUT2D eigenvalue weighted by atomic mass is 19.1. The summed E-state index contributed by atoms with van der Waals surface area (Å²) in [6.45, 7) is 5.90. The van der Waals surface area contributed by atoms with E-state index in [4.69, 9.17) is 9.47 Å². The van der Waals surface area contributed by atoms with Gasteiger partial charge in [-0.15, -0.1) is 0 Å². The van der Waals surface area contributed by atoms with Crippen molar-refractivity contribution in [2.75, 3.05) is 31.1 Å². The van der Waals surface area contributed by atoms with Crippen LogP contribution in [0.15, 0.2) is 91.0 Å². The van der Waals surface area contributed by atoms with Gasteiger partial charge in [-0.25, -0.2) is 9.37 Å². The van der Waals surface area contributed by atoms with Crippen molar-refractivity contribution < 1.29 is 18.7 Å². The molecular formula is C35H36FN3O3. The van der Waals surface area contributed by atoms with Gasteiger partial charge in [0.1, 0.15) is 19.0 Å². The van der Waals surface area contributed by atoms with Gasteiger partial charge in [0.2, 0.25) is 5.88 Å². The number of likely N-dealkylation sites (tertiary alicyclic amines) is 1. The Morgan fingerprint density at radius 2 is 1.55 bits per heavy atom. The molecule has 2 aliphatic heterocycles. The number of hydrogen-bond acceptors (Lipinski definition) is 6. The van der Waals surface area contributed by atoms with E-state index in [0.29, 0.717) is 30.8 Å². The highest BCUT2D eigenvalue weighted by Crippen LogP contribution is 2.35. The molecule has 0 bridgehead atoms. The molecule has 2 aliphatic rings. The van der Waals surface area contributed by atoms with Crippen LogP contribution in [-0.4, -0.2) is 48.1 Å². The third-order valence-corrected chi connectivity index (χ3v) is 8.28. The van der Waals surface area contributed by atoms with Gasteiger partial charge in [-0.2, -0.15) is 0 Å². The zero-order chi connectivity index (χ0) is 28.9. The maximum absolute atomic E-state index is 15.4. The molecule has 0 radical (unpaired) electrons. The smallest absolute Gasteiger partial charge is 0.309 e. The van der Waals surface area contributed by atoms with E-state index in [1.165, 1.54) is 0 Å². The van der Waals surface area contributed by atoms with Crippen LogP contribution in [0.4, 0.5) is 10.1 Å². The summed E-state index contributed by atoms with van der Waals surface area (Å²) >= 11 is 0. The number of carbonyl (C=O) groups excluding carboxylic acids is 1. The first-order valence-corrected chi connectivity index (χ1v) is 14.7. The molecular weight excluding hydrogens is 529 g/mol. The average molecular weight is 566 g/mol. The van der Waals surface area contributed by atoms with Gasteiger partial charge in [0.15, 0.2) is 0 Å². The Kier molecular flexibility index (Phi) is 8.47. The Morgan fingerprint density at radius 3 is 2.21 bits per heavy atom. The number of piperidine rings is 1. The zero-order valence-corrected chi connectivity index (χ0v) is 23.9. The Bertz CT molecular complexity index is 1500. The minimum atomic E-state index is -0.250. The fraction of sp³-hybridized carbons (Fsp3) is 0.314. The summed E-state index contributed by atoms with van der Waals surface area (Å²) in [7, 11) is 0. The third kappa shape index (κ3) is 6.47. The number of halogens is 1. The summed E-state index contributed by atoms with van der Waals surface area (Å²) in [5.41, 5.74) is 5.02.